The minimum atomic E-state index is -1.42. The number of ether oxygens (including phenoxy) is 4. The van der Waals surface area contributed by atoms with Crippen LogP contribution < -0.4 is 21.3 Å². The third-order valence-electron chi connectivity index (χ3n) is 8.48. The Bertz CT molecular complexity index is 2000. The molecule has 23 nitrogen and oxygen atoms in total. The van der Waals surface area contributed by atoms with Gasteiger partial charge in [0.2, 0.25) is 11.8 Å². The van der Waals surface area contributed by atoms with Crippen LogP contribution in [-0.4, -0.2) is 122 Å². The Morgan fingerprint density at radius 1 is 0.536 bits per heavy atom. The van der Waals surface area contributed by atoms with Gasteiger partial charge in [-0.15, -0.1) is 0 Å². The first-order valence-corrected chi connectivity index (χ1v) is 21.4. The molecule has 0 bridgehead atoms. The van der Waals surface area contributed by atoms with Gasteiger partial charge in [0.05, 0.1) is 6.04 Å². The van der Waals surface area contributed by atoms with Crippen molar-refractivity contribution in [3.8, 4) is 0 Å². The summed E-state index contributed by atoms with van der Waals surface area (Å²) in [5.74, 6) is -6.88. The second kappa shape index (κ2) is 32.2. The first kappa shape index (κ1) is 61.4. The first-order valence-electron chi connectivity index (χ1n) is 21.4. The highest BCUT2D eigenvalue weighted by molar-refractivity contribution is 5.88. The summed E-state index contributed by atoms with van der Waals surface area (Å²) < 4.78 is 20.7. The lowest BCUT2D eigenvalue weighted by Crippen LogP contribution is -2.45. The number of carbonyl (C=O) groups is 11. The molecule has 2 aromatic carbocycles. The van der Waals surface area contributed by atoms with Crippen molar-refractivity contribution in [3.05, 3.63) is 71.8 Å². The van der Waals surface area contributed by atoms with E-state index in [2.05, 4.69) is 21.3 Å². The summed E-state index contributed by atoms with van der Waals surface area (Å²) >= 11 is 0. The van der Waals surface area contributed by atoms with E-state index in [0.29, 0.717) is 5.56 Å². The smallest absolute Gasteiger partial charge is 0.408 e. The van der Waals surface area contributed by atoms with Crippen LogP contribution in [0, 0.1) is 0 Å². The molecule has 0 saturated heterocycles. The topological polar surface area (TPSA) is 354 Å². The molecular weight excluding hydrogens is 913 g/mol. The van der Waals surface area contributed by atoms with E-state index in [9.17, 15) is 53.1 Å². The van der Waals surface area contributed by atoms with E-state index in [1.54, 1.807) is 84.0 Å². The highest BCUT2D eigenvalue weighted by Crippen LogP contribution is 2.15. The van der Waals surface area contributed by atoms with Crippen LogP contribution in [0.5, 0.6) is 0 Å². The molecule has 8 N–H and O–H groups in total. The van der Waals surface area contributed by atoms with Crippen LogP contribution in [0.3, 0.4) is 0 Å². The molecule has 0 fully saturated rings. The van der Waals surface area contributed by atoms with Crippen molar-refractivity contribution in [3.63, 3.8) is 0 Å². The van der Waals surface area contributed by atoms with Gasteiger partial charge < -0.3 is 60.6 Å². The summed E-state index contributed by atoms with van der Waals surface area (Å²) in [7, 11) is 0. The van der Waals surface area contributed by atoms with Gasteiger partial charge in [-0.2, -0.15) is 0 Å². The molecule has 0 aliphatic rings. The van der Waals surface area contributed by atoms with Gasteiger partial charge in [-0.1, -0.05) is 60.7 Å². The van der Waals surface area contributed by atoms with Gasteiger partial charge in [-0.3, -0.25) is 28.8 Å². The predicted octanol–water partition coefficient (Wildman–Crippen LogP) is 3.88. The minimum absolute atomic E-state index is 0.00525. The summed E-state index contributed by atoms with van der Waals surface area (Å²) in [5.41, 5.74) is 0.0139. The molecule has 0 heterocycles. The van der Waals surface area contributed by atoms with E-state index in [4.69, 9.17) is 39.1 Å². The monoisotopic (exact) mass is 976 g/mol. The number of Topliss-reactive ketones (excluding diaryl/α,β-unsaturated/α-hetero) is 1. The molecule has 2 rings (SSSR count). The zero-order valence-corrected chi connectivity index (χ0v) is 39.6. The average molecular weight is 977 g/mol. The van der Waals surface area contributed by atoms with Crippen LogP contribution in [-0.2, 0) is 75.3 Å². The maximum absolute atomic E-state index is 12.7. The van der Waals surface area contributed by atoms with Gasteiger partial charge in [0.1, 0.15) is 42.5 Å². The Balaban J connectivity index is 0.00000130. The highest BCUT2D eigenvalue weighted by atomic mass is 16.6. The van der Waals surface area contributed by atoms with Crippen molar-refractivity contribution < 1.29 is 92.1 Å². The number of aliphatic carboxylic acids is 3. The molecule has 0 unspecified atom stereocenters. The van der Waals surface area contributed by atoms with Crippen LogP contribution in [0.4, 0.5) is 9.59 Å². The minimum Gasteiger partial charge on any atom is -0.483 e. The molecule has 23 heteroatoms. The standard InChI is InChI=1S/C27H40N2O8.C18H22N2O9.CH2O2/c1-18(30)20(29-25(34)35-17-19-11-9-8-10-12-19)13-15-22(31)28-21(24(33)37-27(5,6)7)14-16-23(32)36-26(2,3)4;21-14(19-12(16(24)25)7-9-15(22)23)8-6-13(17(26)27)20-18(28)29-10-11-4-2-1-3-5-11;2-1-3/h8-12,20-21H,13-17H2,1-7H3,(H,28,31)(H,29,34);1-5,12-13H,6-10H2,(H,19,21)(H,20,28)(H,22,23)(H,24,25)(H,26,27);1H,(H,2,3)/t20-,21-;12-,13-;/m00./s1. The summed E-state index contributed by atoms with van der Waals surface area (Å²) in [4.78, 5) is 126. The van der Waals surface area contributed by atoms with Gasteiger partial charge in [0.15, 0.2) is 5.78 Å². The van der Waals surface area contributed by atoms with Crippen molar-refractivity contribution in [2.75, 3.05) is 0 Å². The summed E-state index contributed by atoms with van der Waals surface area (Å²) in [6.45, 7) is 11.3. The van der Waals surface area contributed by atoms with Crippen molar-refractivity contribution in [2.24, 2.45) is 0 Å². The number of hydrogen-bond acceptors (Lipinski definition) is 15. The Kier molecular flexibility index (Phi) is 28.6. The van der Waals surface area contributed by atoms with Crippen LogP contribution in [0.1, 0.15) is 111 Å². The molecule has 0 spiro atoms. The summed E-state index contributed by atoms with van der Waals surface area (Å²) in [5, 5.41) is 42.9. The van der Waals surface area contributed by atoms with Crippen LogP contribution >= 0.6 is 0 Å². The number of carbonyl (C=O) groups excluding carboxylic acids is 7. The molecule has 0 radical (unpaired) electrons. The van der Waals surface area contributed by atoms with Gasteiger partial charge in [0.25, 0.3) is 6.47 Å². The lowest BCUT2D eigenvalue weighted by atomic mass is 10.1. The van der Waals surface area contributed by atoms with Crippen molar-refractivity contribution in [1.82, 2.24) is 21.3 Å². The van der Waals surface area contributed by atoms with E-state index >= 15 is 0 Å². The Labute approximate surface area is 399 Å². The lowest BCUT2D eigenvalue weighted by molar-refractivity contribution is -0.160. The number of benzene rings is 2. The third-order valence-corrected chi connectivity index (χ3v) is 8.48. The van der Waals surface area contributed by atoms with E-state index in [1.807, 2.05) is 18.2 Å². The fourth-order valence-corrected chi connectivity index (χ4v) is 5.33. The predicted molar refractivity (Wildman–Crippen MR) is 242 cm³/mol. The molecule has 69 heavy (non-hydrogen) atoms. The summed E-state index contributed by atoms with van der Waals surface area (Å²) in [6, 6.07) is 12.9. The number of esters is 2. The first-order chi connectivity index (χ1) is 32.2. The van der Waals surface area contributed by atoms with E-state index in [-0.39, 0.29) is 64.0 Å². The second-order valence-corrected chi connectivity index (χ2v) is 16.8. The Morgan fingerprint density at radius 2 is 0.899 bits per heavy atom. The number of hydrogen-bond donors (Lipinski definition) is 8. The van der Waals surface area contributed by atoms with Crippen molar-refractivity contribution >= 4 is 66.1 Å². The number of alkyl carbamates (subject to hydrolysis) is 2. The van der Waals surface area contributed by atoms with E-state index < -0.39 is 102 Å². The number of ketones is 1. The number of carboxylic acids is 3. The normalized spacial score (nSPS) is 12.3. The zero-order chi connectivity index (χ0) is 52.7. The fourth-order valence-electron chi connectivity index (χ4n) is 5.33. The number of amides is 4. The fraction of sp³-hybridized carbons (Fsp3) is 0.500. The van der Waals surface area contributed by atoms with Crippen LogP contribution in [0.25, 0.3) is 0 Å². The van der Waals surface area contributed by atoms with Crippen molar-refractivity contribution in [1.29, 1.82) is 0 Å². The number of nitrogens with one attached hydrogen (secondary N) is 4. The molecule has 0 saturated carbocycles. The quantitative estimate of drug-likeness (QED) is 0.0420. The Hall–Kier alpha value is -7.59. The average Bonchev–Trinajstić information content (AvgIpc) is 3.24. The zero-order valence-electron chi connectivity index (χ0n) is 39.6. The highest BCUT2D eigenvalue weighted by Gasteiger charge is 2.30. The van der Waals surface area contributed by atoms with E-state index in [0.717, 1.165) is 5.56 Å². The van der Waals surface area contributed by atoms with Crippen LogP contribution in [0.2, 0.25) is 0 Å². The molecular formula is C46H64N4O19. The van der Waals surface area contributed by atoms with Gasteiger partial charge in [-0.25, -0.2) is 24.0 Å². The molecule has 0 aliphatic heterocycles. The van der Waals surface area contributed by atoms with E-state index in [1.165, 1.54) is 6.92 Å². The lowest BCUT2D eigenvalue weighted by Gasteiger charge is -2.25. The molecule has 382 valence electrons. The SMILES string of the molecule is CC(=O)[C@H](CCC(=O)N[C@@H](CCC(=O)OC(C)(C)C)C(=O)OC(C)(C)C)NC(=O)OCc1ccccc1.O=C(O)CC[C@H](NC(=O)CC[C@H](NC(=O)OCc1ccccc1)C(=O)O)C(=O)O.O=CO. The summed E-state index contributed by atoms with van der Waals surface area (Å²) in [6.07, 6.45) is -3.53. The van der Waals surface area contributed by atoms with Crippen LogP contribution in [0.15, 0.2) is 60.7 Å². The molecule has 4 atom stereocenters. The third kappa shape index (κ3) is 31.9. The maximum atomic E-state index is 12.7. The van der Waals surface area contributed by atoms with Gasteiger partial charge in [0, 0.05) is 25.7 Å². The second-order valence-electron chi connectivity index (χ2n) is 16.8. The molecule has 2 aromatic rings. The molecule has 0 aromatic heterocycles. The maximum Gasteiger partial charge on any atom is 0.408 e. The number of carboxylic acid groups (broad SMARTS) is 4. The number of rotatable bonds is 24. The molecule has 4 amide bonds. The van der Waals surface area contributed by atoms with Crippen molar-refractivity contribution in [2.45, 2.75) is 148 Å². The largest absolute Gasteiger partial charge is 0.483 e. The van der Waals surface area contributed by atoms with Gasteiger partial charge in [-0.05, 0) is 85.3 Å². The van der Waals surface area contributed by atoms with Gasteiger partial charge >= 0.3 is 42.0 Å². The Morgan fingerprint density at radius 3 is 1.29 bits per heavy atom. The molecule has 0 aliphatic carbocycles.